The highest BCUT2D eigenvalue weighted by atomic mass is 16.6. The first-order valence-electron chi connectivity index (χ1n) is 7.13. The molecule has 1 unspecified atom stereocenters. The molecule has 0 aliphatic carbocycles. The van der Waals surface area contributed by atoms with Crippen molar-refractivity contribution in [3.63, 3.8) is 0 Å². The molecule has 1 aliphatic rings. The lowest BCUT2D eigenvalue weighted by atomic mass is 9.77. The van der Waals surface area contributed by atoms with Crippen LogP contribution in [0, 0.1) is 5.41 Å². The second-order valence-electron chi connectivity index (χ2n) is 6.02. The maximum absolute atomic E-state index is 12.2. The fourth-order valence-electron chi connectivity index (χ4n) is 2.82. The highest BCUT2D eigenvalue weighted by Crippen LogP contribution is 2.35. The first-order valence-corrected chi connectivity index (χ1v) is 7.13. The van der Waals surface area contributed by atoms with Crippen LogP contribution in [0.2, 0.25) is 0 Å². The van der Waals surface area contributed by atoms with E-state index in [9.17, 15) is 9.90 Å². The summed E-state index contributed by atoms with van der Waals surface area (Å²) >= 11 is 0. The molecule has 0 aromatic heterocycles. The number of rotatable bonds is 3. The molecule has 2 rings (SSSR count). The fourth-order valence-corrected chi connectivity index (χ4v) is 2.82. The Bertz CT molecular complexity index is 444. The molecule has 110 valence electrons. The number of hydrogen-bond acceptors (Lipinski definition) is 3. The maximum Gasteiger partial charge on any atom is 0.410 e. The summed E-state index contributed by atoms with van der Waals surface area (Å²) in [6, 6.07) is 9.46. The number of nitrogens with zero attached hydrogens (tertiary/aromatic N) is 1. The Morgan fingerprint density at radius 3 is 2.75 bits per heavy atom. The van der Waals surface area contributed by atoms with Gasteiger partial charge in [0.15, 0.2) is 0 Å². The molecule has 1 aromatic rings. The highest BCUT2D eigenvalue weighted by Gasteiger charge is 2.39. The Morgan fingerprint density at radius 1 is 1.40 bits per heavy atom. The summed E-state index contributed by atoms with van der Waals surface area (Å²) in [4.78, 5) is 13.9. The third-order valence-corrected chi connectivity index (χ3v) is 4.11. The number of aliphatic hydroxyl groups excluding tert-OH is 1. The van der Waals surface area contributed by atoms with Crippen molar-refractivity contribution >= 4 is 6.09 Å². The minimum Gasteiger partial charge on any atom is -0.445 e. The number of amides is 1. The molecule has 1 aliphatic heterocycles. The number of likely N-dealkylation sites (tertiary alicyclic amines) is 1. The number of ether oxygens (including phenoxy) is 1. The largest absolute Gasteiger partial charge is 0.445 e. The number of piperidine rings is 1. The van der Waals surface area contributed by atoms with Gasteiger partial charge < -0.3 is 14.7 Å². The van der Waals surface area contributed by atoms with Crippen LogP contribution in [0.4, 0.5) is 4.79 Å². The average Bonchev–Trinajstić information content (AvgIpc) is 2.44. The normalized spacial score (nSPS) is 21.6. The molecule has 1 fully saturated rings. The lowest BCUT2D eigenvalue weighted by Gasteiger charge is -2.44. The molecule has 20 heavy (non-hydrogen) atoms. The van der Waals surface area contributed by atoms with Crippen LogP contribution >= 0.6 is 0 Å². The van der Waals surface area contributed by atoms with E-state index in [0.717, 1.165) is 18.4 Å². The van der Waals surface area contributed by atoms with Crippen molar-refractivity contribution in [1.29, 1.82) is 0 Å². The zero-order valence-electron chi connectivity index (χ0n) is 12.2. The molecule has 1 aromatic carbocycles. The molecule has 4 nitrogen and oxygen atoms in total. The van der Waals surface area contributed by atoms with Crippen LogP contribution in [0.5, 0.6) is 0 Å². The lowest BCUT2D eigenvalue weighted by molar-refractivity contribution is -0.00465. The molecular formula is C16H23NO3. The van der Waals surface area contributed by atoms with E-state index in [1.54, 1.807) is 4.90 Å². The fraction of sp³-hybridized carbons (Fsp3) is 0.562. The van der Waals surface area contributed by atoms with Gasteiger partial charge in [0.25, 0.3) is 0 Å². The van der Waals surface area contributed by atoms with E-state index in [1.807, 2.05) is 30.3 Å². The van der Waals surface area contributed by atoms with E-state index in [0.29, 0.717) is 6.54 Å². The van der Waals surface area contributed by atoms with Crippen LogP contribution in [-0.2, 0) is 11.3 Å². The highest BCUT2D eigenvalue weighted by molar-refractivity contribution is 5.68. The summed E-state index contributed by atoms with van der Waals surface area (Å²) < 4.78 is 5.37. The molecule has 0 radical (unpaired) electrons. The summed E-state index contributed by atoms with van der Waals surface area (Å²) in [5.74, 6) is 0. The van der Waals surface area contributed by atoms with Gasteiger partial charge >= 0.3 is 6.09 Å². The van der Waals surface area contributed by atoms with Gasteiger partial charge in [-0.1, -0.05) is 44.2 Å². The lowest BCUT2D eigenvalue weighted by Crippen LogP contribution is -2.54. The first-order chi connectivity index (χ1) is 9.54. The number of benzene rings is 1. The van der Waals surface area contributed by atoms with Crippen LogP contribution in [-0.4, -0.2) is 35.3 Å². The summed E-state index contributed by atoms with van der Waals surface area (Å²) in [6.07, 6.45) is 1.63. The zero-order chi connectivity index (χ0) is 14.6. The minimum absolute atomic E-state index is 0.0204. The smallest absolute Gasteiger partial charge is 0.410 e. The Hall–Kier alpha value is -1.55. The van der Waals surface area contributed by atoms with Gasteiger partial charge in [-0.25, -0.2) is 4.79 Å². The van der Waals surface area contributed by atoms with Gasteiger partial charge in [0.1, 0.15) is 6.61 Å². The van der Waals surface area contributed by atoms with E-state index < -0.39 is 0 Å². The first kappa shape index (κ1) is 14.9. The van der Waals surface area contributed by atoms with Crippen molar-refractivity contribution in [2.24, 2.45) is 5.41 Å². The molecule has 1 saturated heterocycles. The third kappa shape index (κ3) is 3.31. The second kappa shape index (κ2) is 6.27. The summed E-state index contributed by atoms with van der Waals surface area (Å²) in [5, 5.41) is 9.58. The summed E-state index contributed by atoms with van der Waals surface area (Å²) in [7, 11) is 0. The van der Waals surface area contributed by atoms with Gasteiger partial charge in [-0.15, -0.1) is 0 Å². The van der Waals surface area contributed by atoms with E-state index in [-0.39, 0.29) is 30.8 Å². The Morgan fingerprint density at radius 2 is 2.10 bits per heavy atom. The predicted octanol–water partition coefficient (Wildman–Crippen LogP) is 2.81. The van der Waals surface area contributed by atoms with E-state index in [1.165, 1.54) is 0 Å². The Balaban J connectivity index is 1.97. The molecule has 1 heterocycles. The van der Waals surface area contributed by atoms with Gasteiger partial charge in [0, 0.05) is 6.54 Å². The molecule has 1 atom stereocenters. The van der Waals surface area contributed by atoms with Gasteiger partial charge in [-0.05, 0) is 23.8 Å². The Kier molecular flexibility index (Phi) is 4.65. The molecule has 1 N–H and O–H groups in total. The third-order valence-electron chi connectivity index (χ3n) is 4.11. The molecule has 1 amide bonds. The van der Waals surface area contributed by atoms with E-state index >= 15 is 0 Å². The van der Waals surface area contributed by atoms with Gasteiger partial charge in [0.05, 0.1) is 12.6 Å². The van der Waals surface area contributed by atoms with Crippen LogP contribution in [0.25, 0.3) is 0 Å². The number of aliphatic hydroxyl groups is 1. The van der Waals surface area contributed by atoms with Crippen molar-refractivity contribution in [2.75, 3.05) is 13.2 Å². The van der Waals surface area contributed by atoms with Gasteiger partial charge in [0.2, 0.25) is 0 Å². The van der Waals surface area contributed by atoms with Crippen LogP contribution in [0.3, 0.4) is 0 Å². The standard InChI is InChI=1S/C16H23NO3/c1-16(2)9-6-10-17(14(16)11-18)15(19)20-12-13-7-4-3-5-8-13/h3-5,7-8,14,18H,6,9-12H2,1-2H3. The number of hydrogen-bond donors (Lipinski definition) is 1. The number of carbonyl (C=O) groups excluding carboxylic acids is 1. The molecule has 0 spiro atoms. The van der Waals surface area contributed by atoms with Crippen molar-refractivity contribution < 1.29 is 14.6 Å². The zero-order valence-corrected chi connectivity index (χ0v) is 12.2. The molecule has 0 saturated carbocycles. The van der Waals surface area contributed by atoms with E-state index in [2.05, 4.69) is 13.8 Å². The monoisotopic (exact) mass is 277 g/mol. The quantitative estimate of drug-likeness (QED) is 0.924. The van der Waals surface area contributed by atoms with Crippen molar-refractivity contribution in [1.82, 2.24) is 4.90 Å². The van der Waals surface area contributed by atoms with Crippen LogP contribution < -0.4 is 0 Å². The van der Waals surface area contributed by atoms with Crippen LogP contribution in [0.15, 0.2) is 30.3 Å². The minimum atomic E-state index is -0.333. The Labute approximate surface area is 120 Å². The van der Waals surface area contributed by atoms with Crippen LogP contribution in [0.1, 0.15) is 32.3 Å². The molecule has 4 heteroatoms. The molecule has 0 bridgehead atoms. The predicted molar refractivity (Wildman–Crippen MR) is 77.2 cm³/mol. The maximum atomic E-state index is 12.2. The summed E-state index contributed by atoms with van der Waals surface area (Å²) in [5.41, 5.74) is 0.899. The second-order valence-corrected chi connectivity index (χ2v) is 6.02. The summed E-state index contributed by atoms with van der Waals surface area (Å²) in [6.45, 7) is 5.08. The SMILES string of the molecule is CC1(C)CCCN(C(=O)OCc2ccccc2)C1CO. The van der Waals surface area contributed by atoms with Crippen molar-refractivity contribution in [3.05, 3.63) is 35.9 Å². The van der Waals surface area contributed by atoms with Gasteiger partial charge in [-0.3, -0.25) is 0 Å². The number of carbonyl (C=O) groups is 1. The average molecular weight is 277 g/mol. The van der Waals surface area contributed by atoms with Crippen molar-refractivity contribution in [3.8, 4) is 0 Å². The van der Waals surface area contributed by atoms with Gasteiger partial charge in [-0.2, -0.15) is 0 Å². The van der Waals surface area contributed by atoms with E-state index in [4.69, 9.17) is 4.74 Å². The van der Waals surface area contributed by atoms with Crippen molar-refractivity contribution in [2.45, 2.75) is 39.3 Å². The topological polar surface area (TPSA) is 49.8 Å². The molecular weight excluding hydrogens is 254 g/mol.